The molecule has 0 fully saturated rings. The SMILES string of the molecule is CCOc1ccccc1NC(=O)COc1ccc(F)c(F)c1. The highest BCUT2D eigenvalue weighted by atomic mass is 19.2. The fourth-order valence-electron chi connectivity index (χ4n) is 1.75. The smallest absolute Gasteiger partial charge is 0.262 e. The Bertz CT molecular complexity index is 662. The molecule has 0 bridgehead atoms. The number of carbonyl (C=O) groups excluding carboxylic acids is 1. The molecule has 116 valence electrons. The van der Waals surface area contributed by atoms with Crippen LogP contribution in [-0.4, -0.2) is 19.1 Å². The summed E-state index contributed by atoms with van der Waals surface area (Å²) >= 11 is 0. The van der Waals surface area contributed by atoms with Crippen LogP contribution in [0.25, 0.3) is 0 Å². The molecular formula is C16H15F2NO3. The van der Waals surface area contributed by atoms with Crippen molar-refractivity contribution >= 4 is 11.6 Å². The summed E-state index contributed by atoms with van der Waals surface area (Å²) in [6.07, 6.45) is 0. The molecule has 1 amide bonds. The van der Waals surface area contributed by atoms with Crippen LogP contribution in [0.2, 0.25) is 0 Å². The maximum Gasteiger partial charge on any atom is 0.262 e. The zero-order valence-corrected chi connectivity index (χ0v) is 11.9. The van der Waals surface area contributed by atoms with E-state index in [1.807, 2.05) is 6.92 Å². The summed E-state index contributed by atoms with van der Waals surface area (Å²) in [7, 11) is 0. The first-order chi connectivity index (χ1) is 10.6. The van der Waals surface area contributed by atoms with Crippen LogP contribution >= 0.6 is 0 Å². The van der Waals surface area contributed by atoms with Crippen LogP contribution < -0.4 is 14.8 Å². The quantitative estimate of drug-likeness (QED) is 0.890. The van der Waals surface area contributed by atoms with E-state index in [2.05, 4.69) is 5.32 Å². The monoisotopic (exact) mass is 307 g/mol. The highest BCUT2D eigenvalue weighted by molar-refractivity contribution is 5.93. The van der Waals surface area contributed by atoms with Gasteiger partial charge in [-0.1, -0.05) is 12.1 Å². The minimum Gasteiger partial charge on any atom is -0.492 e. The number of carbonyl (C=O) groups is 1. The Morgan fingerprint density at radius 1 is 1.09 bits per heavy atom. The van der Waals surface area contributed by atoms with Gasteiger partial charge in [0.05, 0.1) is 12.3 Å². The van der Waals surface area contributed by atoms with Gasteiger partial charge in [-0.25, -0.2) is 8.78 Å². The molecule has 0 saturated carbocycles. The first-order valence-corrected chi connectivity index (χ1v) is 6.69. The predicted octanol–water partition coefficient (Wildman–Crippen LogP) is 3.38. The second-order valence-electron chi connectivity index (χ2n) is 4.34. The van der Waals surface area contributed by atoms with Crippen molar-refractivity contribution in [3.05, 3.63) is 54.1 Å². The molecule has 0 atom stereocenters. The maximum atomic E-state index is 13.0. The summed E-state index contributed by atoms with van der Waals surface area (Å²) in [6, 6.07) is 10.0. The topological polar surface area (TPSA) is 47.6 Å². The van der Waals surface area contributed by atoms with Gasteiger partial charge in [0.25, 0.3) is 5.91 Å². The molecule has 0 aliphatic rings. The molecule has 4 nitrogen and oxygen atoms in total. The standard InChI is InChI=1S/C16H15F2NO3/c1-2-21-15-6-4-3-5-14(15)19-16(20)10-22-11-7-8-12(17)13(18)9-11/h3-9H,2,10H2,1H3,(H,19,20). The molecule has 0 radical (unpaired) electrons. The molecular weight excluding hydrogens is 292 g/mol. The number of hydrogen-bond donors (Lipinski definition) is 1. The number of rotatable bonds is 6. The molecule has 0 aliphatic heterocycles. The van der Waals surface area contributed by atoms with Gasteiger partial charge in [-0.05, 0) is 31.2 Å². The summed E-state index contributed by atoms with van der Waals surface area (Å²) in [5.74, 6) is -1.81. The minimum absolute atomic E-state index is 0.0761. The molecule has 0 spiro atoms. The average molecular weight is 307 g/mol. The molecule has 0 aromatic heterocycles. The minimum atomic E-state index is -1.03. The van der Waals surface area contributed by atoms with E-state index in [0.29, 0.717) is 18.0 Å². The van der Waals surface area contributed by atoms with E-state index in [0.717, 1.165) is 12.1 Å². The third-order valence-corrected chi connectivity index (χ3v) is 2.72. The Balaban J connectivity index is 1.94. The number of benzene rings is 2. The first kappa shape index (κ1) is 15.8. The van der Waals surface area contributed by atoms with Gasteiger partial charge in [-0.3, -0.25) is 4.79 Å². The lowest BCUT2D eigenvalue weighted by molar-refractivity contribution is -0.118. The van der Waals surface area contributed by atoms with Crippen LogP contribution in [-0.2, 0) is 4.79 Å². The lowest BCUT2D eigenvalue weighted by atomic mass is 10.3. The van der Waals surface area contributed by atoms with Crippen molar-refractivity contribution in [2.75, 3.05) is 18.5 Å². The van der Waals surface area contributed by atoms with E-state index in [9.17, 15) is 13.6 Å². The third-order valence-electron chi connectivity index (χ3n) is 2.72. The van der Waals surface area contributed by atoms with Crippen molar-refractivity contribution in [1.29, 1.82) is 0 Å². The third kappa shape index (κ3) is 4.18. The van der Waals surface area contributed by atoms with Crippen molar-refractivity contribution in [2.24, 2.45) is 0 Å². The largest absolute Gasteiger partial charge is 0.492 e. The highest BCUT2D eigenvalue weighted by Gasteiger charge is 2.09. The second-order valence-corrected chi connectivity index (χ2v) is 4.34. The van der Waals surface area contributed by atoms with Crippen LogP contribution in [0.3, 0.4) is 0 Å². The summed E-state index contributed by atoms with van der Waals surface area (Å²) in [4.78, 5) is 11.8. The molecule has 2 aromatic rings. The van der Waals surface area contributed by atoms with Crippen LogP contribution in [0.15, 0.2) is 42.5 Å². The van der Waals surface area contributed by atoms with Crippen LogP contribution in [0.1, 0.15) is 6.92 Å². The van der Waals surface area contributed by atoms with E-state index < -0.39 is 17.5 Å². The number of amides is 1. The summed E-state index contributed by atoms with van der Waals surface area (Å²) in [5.41, 5.74) is 0.517. The Morgan fingerprint density at radius 2 is 1.86 bits per heavy atom. The van der Waals surface area contributed by atoms with Gasteiger partial charge >= 0.3 is 0 Å². The van der Waals surface area contributed by atoms with Gasteiger partial charge in [0.15, 0.2) is 18.2 Å². The Morgan fingerprint density at radius 3 is 2.59 bits per heavy atom. The highest BCUT2D eigenvalue weighted by Crippen LogP contribution is 2.23. The van der Waals surface area contributed by atoms with Crippen molar-refractivity contribution in [3.8, 4) is 11.5 Å². The summed E-state index contributed by atoms with van der Waals surface area (Å²) < 4.78 is 36.3. The summed E-state index contributed by atoms with van der Waals surface area (Å²) in [5, 5.41) is 2.63. The van der Waals surface area contributed by atoms with Crippen molar-refractivity contribution in [3.63, 3.8) is 0 Å². The van der Waals surface area contributed by atoms with Crippen LogP contribution in [0.5, 0.6) is 11.5 Å². The zero-order chi connectivity index (χ0) is 15.9. The average Bonchev–Trinajstić information content (AvgIpc) is 2.51. The van der Waals surface area contributed by atoms with Crippen molar-refractivity contribution in [1.82, 2.24) is 0 Å². The van der Waals surface area contributed by atoms with Gasteiger partial charge < -0.3 is 14.8 Å². The number of para-hydroxylation sites is 2. The molecule has 0 aliphatic carbocycles. The van der Waals surface area contributed by atoms with Gasteiger partial charge in [0.1, 0.15) is 11.5 Å². The molecule has 2 aromatic carbocycles. The van der Waals surface area contributed by atoms with E-state index in [1.54, 1.807) is 24.3 Å². The fraction of sp³-hybridized carbons (Fsp3) is 0.188. The normalized spacial score (nSPS) is 10.1. The predicted molar refractivity (Wildman–Crippen MR) is 78.1 cm³/mol. The molecule has 0 unspecified atom stereocenters. The van der Waals surface area contributed by atoms with Gasteiger partial charge in [-0.2, -0.15) is 0 Å². The van der Waals surface area contributed by atoms with Crippen LogP contribution in [0.4, 0.5) is 14.5 Å². The lowest BCUT2D eigenvalue weighted by Crippen LogP contribution is -2.20. The Hall–Kier alpha value is -2.63. The maximum absolute atomic E-state index is 13.0. The van der Waals surface area contributed by atoms with E-state index >= 15 is 0 Å². The van der Waals surface area contributed by atoms with Crippen molar-refractivity contribution in [2.45, 2.75) is 6.92 Å². The zero-order valence-electron chi connectivity index (χ0n) is 11.9. The number of ether oxygens (including phenoxy) is 2. The van der Waals surface area contributed by atoms with Crippen molar-refractivity contribution < 1.29 is 23.0 Å². The van der Waals surface area contributed by atoms with Gasteiger partial charge in [0.2, 0.25) is 0 Å². The molecule has 2 rings (SSSR count). The van der Waals surface area contributed by atoms with E-state index in [1.165, 1.54) is 6.07 Å². The lowest BCUT2D eigenvalue weighted by Gasteiger charge is -2.11. The van der Waals surface area contributed by atoms with E-state index in [-0.39, 0.29) is 12.4 Å². The Kier molecular flexibility index (Phi) is 5.30. The molecule has 0 heterocycles. The number of nitrogens with one attached hydrogen (secondary N) is 1. The van der Waals surface area contributed by atoms with Gasteiger partial charge in [0, 0.05) is 6.07 Å². The fourth-order valence-corrected chi connectivity index (χ4v) is 1.75. The molecule has 1 N–H and O–H groups in total. The first-order valence-electron chi connectivity index (χ1n) is 6.69. The van der Waals surface area contributed by atoms with Crippen LogP contribution in [0, 0.1) is 11.6 Å². The van der Waals surface area contributed by atoms with E-state index in [4.69, 9.17) is 9.47 Å². The molecule has 22 heavy (non-hydrogen) atoms. The van der Waals surface area contributed by atoms with Gasteiger partial charge in [-0.15, -0.1) is 0 Å². The number of anilines is 1. The number of halogens is 2. The molecule has 0 saturated heterocycles. The summed E-state index contributed by atoms with van der Waals surface area (Å²) in [6.45, 7) is 1.98. The number of hydrogen-bond acceptors (Lipinski definition) is 3. The second kappa shape index (κ2) is 7.40. The Labute approximate surface area is 126 Å². The molecule has 6 heteroatoms.